The molecule has 0 amide bonds. The van der Waals surface area contributed by atoms with Crippen LogP contribution in [0.4, 0.5) is 0 Å². The van der Waals surface area contributed by atoms with Crippen molar-refractivity contribution in [1.82, 2.24) is 0 Å². The molecule has 2 fully saturated rings. The summed E-state index contributed by atoms with van der Waals surface area (Å²) in [4.78, 5) is 0. The van der Waals surface area contributed by atoms with Crippen LogP contribution in [0.5, 0.6) is 0 Å². The van der Waals surface area contributed by atoms with Crippen molar-refractivity contribution in [2.24, 2.45) is 5.92 Å². The maximum Gasteiger partial charge on any atom is 0.0541 e. The zero-order valence-corrected chi connectivity index (χ0v) is 12.1. The van der Waals surface area contributed by atoms with Crippen LogP contribution in [0.15, 0.2) is 0 Å². The average Bonchev–Trinajstić information content (AvgIpc) is 2.35. The van der Waals surface area contributed by atoms with Crippen molar-refractivity contribution < 1.29 is 5.11 Å². The van der Waals surface area contributed by atoms with E-state index in [2.05, 4.69) is 18.7 Å². The average molecular weight is 256 g/mol. The minimum atomic E-state index is 0.00661. The van der Waals surface area contributed by atoms with Gasteiger partial charge in [-0.2, -0.15) is 11.8 Å². The summed E-state index contributed by atoms with van der Waals surface area (Å²) in [7, 11) is 0. The van der Waals surface area contributed by atoms with Gasteiger partial charge in [0.2, 0.25) is 0 Å². The lowest BCUT2D eigenvalue weighted by Crippen LogP contribution is -2.24. The summed E-state index contributed by atoms with van der Waals surface area (Å²) in [6.07, 6.45) is 13.3. The van der Waals surface area contributed by atoms with Crippen LogP contribution in [0.25, 0.3) is 0 Å². The maximum atomic E-state index is 9.52. The molecule has 0 aliphatic heterocycles. The first-order valence-electron chi connectivity index (χ1n) is 7.61. The van der Waals surface area contributed by atoms with E-state index < -0.39 is 0 Å². The predicted molar refractivity (Wildman–Crippen MR) is 76.5 cm³/mol. The first-order chi connectivity index (χ1) is 8.28. The van der Waals surface area contributed by atoms with Crippen LogP contribution in [0, 0.1) is 5.92 Å². The Morgan fingerprint density at radius 3 is 1.94 bits per heavy atom. The second kappa shape index (κ2) is 7.04. The maximum absolute atomic E-state index is 9.52. The Morgan fingerprint density at radius 1 is 0.882 bits per heavy atom. The molecular weight excluding hydrogens is 228 g/mol. The van der Waals surface area contributed by atoms with Crippen molar-refractivity contribution in [1.29, 1.82) is 0 Å². The van der Waals surface area contributed by atoms with Gasteiger partial charge >= 0.3 is 0 Å². The Bertz CT molecular complexity index is 203. The number of aliphatic hydroxyl groups excluding tert-OH is 1. The fourth-order valence-corrected chi connectivity index (χ4v) is 5.05. The number of hydrogen-bond acceptors (Lipinski definition) is 2. The van der Waals surface area contributed by atoms with E-state index in [0.717, 1.165) is 29.3 Å². The van der Waals surface area contributed by atoms with Crippen LogP contribution in [-0.2, 0) is 0 Å². The van der Waals surface area contributed by atoms with Crippen LogP contribution in [0.1, 0.15) is 71.1 Å². The van der Waals surface area contributed by atoms with Crippen molar-refractivity contribution in [2.45, 2.75) is 87.7 Å². The second-order valence-electron chi connectivity index (χ2n) is 6.00. The normalized spacial score (nSPS) is 39.2. The molecule has 0 saturated heterocycles. The summed E-state index contributed by atoms with van der Waals surface area (Å²) >= 11 is 2.25. The third kappa shape index (κ3) is 4.48. The van der Waals surface area contributed by atoms with E-state index in [1.807, 2.05) is 0 Å². The topological polar surface area (TPSA) is 20.2 Å². The highest BCUT2D eigenvalue weighted by Crippen LogP contribution is 2.39. The second-order valence-corrected chi connectivity index (χ2v) is 7.60. The summed E-state index contributed by atoms with van der Waals surface area (Å²) in [5.74, 6) is 1.03. The summed E-state index contributed by atoms with van der Waals surface area (Å²) in [5.41, 5.74) is 0. The van der Waals surface area contributed by atoms with E-state index in [-0.39, 0.29) is 6.10 Å². The van der Waals surface area contributed by atoms with Gasteiger partial charge in [-0.3, -0.25) is 0 Å². The van der Waals surface area contributed by atoms with E-state index in [9.17, 15) is 5.11 Å². The number of rotatable bonds is 4. The molecule has 17 heavy (non-hydrogen) atoms. The number of hydrogen-bond donors (Lipinski definition) is 1. The Balaban J connectivity index is 1.64. The molecule has 0 aromatic carbocycles. The molecule has 1 N–H and O–H groups in total. The molecule has 2 saturated carbocycles. The van der Waals surface area contributed by atoms with Crippen LogP contribution in [0.3, 0.4) is 0 Å². The van der Waals surface area contributed by atoms with Gasteiger partial charge in [0.15, 0.2) is 0 Å². The molecule has 2 heteroatoms. The van der Waals surface area contributed by atoms with E-state index in [4.69, 9.17) is 0 Å². The molecule has 0 heterocycles. The molecule has 100 valence electrons. The van der Waals surface area contributed by atoms with Gasteiger partial charge in [-0.25, -0.2) is 0 Å². The highest BCUT2D eigenvalue weighted by molar-refractivity contribution is 8.00. The third-order valence-corrected chi connectivity index (χ3v) is 6.23. The lowest BCUT2D eigenvalue weighted by molar-refractivity contribution is 0.132. The molecule has 0 aromatic rings. The molecule has 2 aliphatic carbocycles. The standard InChI is InChI=1S/C15H28OS/c1-2-3-12-4-8-14(9-5-12)17-15-10-6-13(16)7-11-15/h12-16H,2-11H2,1H3. The first kappa shape index (κ1) is 13.7. The highest BCUT2D eigenvalue weighted by atomic mass is 32.2. The lowest BCUT2D eigenvalue weighted by atomic mass is 9.86. The Labute approximate surface area is 111 Å². The molecule has 2 aliphatic rings. The van der Waals surface area contributed by atoms with E-state index >= 15 is 0 Å². The smallest absolute Gasteiger partial charge is 0.0541 e. The van der Waals surface area contributed by atoms with Crippen LogP contribution in [0.2, 0.25) is 0 Å². The minimum Gasteiger partial charge on any atom is -0.393 e. The molecule has 0 spiro atoms. The monoisotopic (exact) mass is 256 g/mol. The lowest BCUT2D eigenvalue weighted by Gasteiger charge is -2.32. The number of thioether (sulfide) groups is 1. The van der Waals surface area contributed by atoms with Crippen LogP contribution < -0.4 is 0 Å². The van der Waals surface area contributed by atoms with Crippen molar-refractivity contribution >= 4 is 11.8 Å². The van der Waals surface area contributed by atoms with Gasteiger partial charge in [-0.1, -0.05) is 19.8 Å². The first-order valence-corrected chi connectivity index (χ1v) is 8.55. The largest absolute Gasteiger partial charge is 0.393 e. The molecule has 2 rings (SSSR count). The molecule has 1 nitrogen and oxygen atoms in total. The summed E-state index contributed by atoms with van der Waals surface area (Å²) in [5, 5.41) is 11.3. The molecule has 0 aromatic heterocycles. The molecule has 0 bridgehead atoms. The van der Waals surface area contributed by atoms with Gasteiger partial charge in [0.05, 0.1) is 6.10 Å². The third-order valence-electron chi connectivity index (χ3n) is 4.52. The summed E-state index contributed by atoms with van der Waals surface area (Å²) in [6.45, 7) is 2.31. The van der Waals surface area contributed by atoms with Crippen LogP contribution in [-0.4, -0.2) is 21.7 Å². The molecule has 0 radical (unpaired) electrons. The summed E-state index contributed by atoms with van der Waals surface area (Å²) < 4.78 is 0. The van der Waals surface area contributed by atoms with Gasteiger partial charge in [-0.15, -0.1) is 0 Å². The van der Waals surface area contributed by atoms with E-state index in [0.29, 0.717) is 0 Å². The zero-order chi connectivity index (χ0) is 12.1. The molecular formula is C15H28OS. The fraction of sp³-hybridized carbons (Fsp3) is 1.00. The van der Waals surface area contributed by atoms with Crippen molar-refractivity contribution in [3.05, 3.63) is 0 Å². The van der Waals surface area contributed by atoms with E-state index in [1.54, 1.807) is 0 Å². The quantitative estimate of drug-likeness (QED) is 0.805. The Morgan fingerprint density at radius 2 is 1.41 bits per heavy atom. The van der Waals surface area contributed by atoms with Gasteiger partial charge < -0.3 is 5.11 Å². The molecule has 0 unspecified atom stereocenters. The summed E-state index contributed by atoms with van der Waals surface area (Å²) in [6, 6.07) is 0. The van der Waals surface area contributed by atoms with Crippen molar-refractivity contribution in [3.63, 3.8) is 0 Å². The zero-order valence-electron chi connectivity index (χ0n) is 11.2. The highest BCUT2D eigenvalue weighted by Gasteiger charge is 2.26. The Kier molecular flexibility index (Phi) is 5.68. The minimum absolute atomic E-state index is 0.00661. The Hall–Kier alpha value is 0.310. The SMILES string of the molecule is CCCC1CCC(SC2CCC(O)CC2)CC1. The van der Waals surface area contributed by atoms with E-state index in [1.165, 1.54) is 51.4 Å². The van der Waals surface area contributed by atoms with Gasteiger partial charge in [0, 0.05) is 10.5 Å². The molecule has 0 atom stereocenters. The van der Waals surface area contributed by atoms with Crippen molar-refractivity contribution in [3.8, 4) is 0 Å². The number of aliphatic hydroxyl groups is 1. The fourth-order valence-electron chi connectivity index (χ4n) is 3.42. The van der Waals surface area contributed by atoms with Crippen LogP contribution >= 0.6 is 11.8 Å². The predicted octanol–water partition coefficient (Wildman–Crippen LogP) is 4.38. The van der Waals surface area contributed by atoms with Gasteiger partial charge in [-0.05, 0) is 57.3 Å². The van der Waals surface area contributed by atoms with Crippen molar-refractivity contribution in [2.75, 3.05) is 0 Å². The van der Waals surface area contributed by atoms with Gasteiger partial charge in [0.25, 0.3) is 0 Å². The van der Waals surface area contributed by atoms with Gasteiger partial charge in [0.1, 0.15) is 0 Å².